The molecule has 26 heavy (non-hydrogen) atoms. The first-order valence-corrected chi connectivity index (χ1v) is 8.55. The molecule has 1 N–H and O–H groups in total. The summed E-state index contributed by atoms with van der Waals surface area (Å²) in [4.78, 5) is 11.0. The van der Waals surface area contributed by atoms with Crippen LogP contribution in [0.15, 0.2) is 67.0 Å². The third kappa shape index (κ3) is 4.37. The molecule has 0 aliphatic heterocycles. The van der Waals surface area contributed by atoms with Crippen LogP contribution in [-0.4, -0.2) is 16.0 Å². The second-order valence-corrected chi connectivity index (χ2v) is 6.29. The second-order valence-electron chi connectivity index (χ2n) is 6.29. The lowest BCUT2D eigenvalue weighted by atomic mass is 10.2. The monoisotopic (exact) mass is 343 g/mol. The standard InChI is InChI=1S/C21H21N5/c1-16(2)26(14-17-7-4-3-5-8-17)21-12-20(23-15-24-21)25-19-10-6-9-18(11-19)13-22/h3-12,15-16H,14H2,1-2H3,(H,23,24,25). The zero-order valence-corrected chi connectivity index (χ0v) is 14.9. The van der Waals surface area contributed by atoms with E-state index in [1.165, 1.54) is 5.56 Å². The first kappa shape index (κ1) is 17.4. The van der Waals surface area contributed by atoms with Crippen molar-refractivity contribution < 1.29 is 0 Å². The second kappa shape index (κ2) is 8.13. The lowest BCUT2D eigenvalue weighted by molar-refractivity contribution is 0.671. The van der Waals surface area contributed by atoms with Gasteiger partial charge in [-0.15, -0.1) is 0 Å². The average Bonchev–Trinajstić information content (AvgIpc) is 2.67. The van der Waals surface area contributed by atoms with Crippen LogP contribution in [0.4, 0.5) is 17.3 Å². The molecule has 0 radical (unpaired) electrons. The van der Waals surface area contributed by atoms with Crippen molar-refractivity contribution in [2.75, 3.05) is 10.2 Å². The number of nitriles is 1. The highest BCUT2D eigenvalue weighted by Gasteiger charge is 2.13. The van der Waals surface area contributed by atoms with E-state index >= 15 is 0 Å². The molecule has 0 saturated heterocycles. The molecule has 0 bridgehead atoms. The van der Waals surface area contributed by atoms with Crippen LogP contribution >= 0.6 is 0 Å². The van der Waals surface area contributed by atoms with E-state index in [1.54, 1.807) is 18.5 Å². The van der Waals surface area contributed by atoms with Crippen molar-refractivity contribution in [2.24, 2.45) is 0 Å². The van der Waals surface area contributed by atoms with Gasteiger partial charge in [0, 0.05) is 24.3 Å². The minimum absolute atomic E-state index is 0.292. The highest BCUT2D eigenvalue weighted by atomic mass is 15.2. The third-order valence-corrected chi connectivity index (χ3v) is 4.03. The summed E-state index contributed by atoms with van der Waals surface area (Å²) in [5, 5.41) is 12.3. The number of hydrogen-bond donors (Lipinski definition) is 1. The van der Waals surface area contributed by atoms with Gasteiger partial charge in [0.2, 0.25) is 0 Å². The van der Waals surface area contributed by atoms with Crippen molar-refractivity contribution in [2.45, 2.75) is 26.4 Å². The summed E-state index contributed by atoms with van der Waals surface area (Å²) in [6.45, 7) is 5.07. The fraction of sp³-hybridized carbons (Fsp3) is 0.190. The van der Waals surface area contributed by atoms with Crippen molar-refractivity contribution in [1.82, 2.24) is 9.97 Å². The minimum Gasteiger partial charge on any atom is -0.350 e. The molecule has 0 aliphatic rings. The number of aromatic nitrogens is 2. The Morgan fingerprint density at radius 2 is 1.85 bits per heavy atom. The summed E-state index contributed by atoms with van der Waals surface area (Å²) in [5.74, 6) is 1.56. The summed E-state index contributed by atoms with van der Waals surface area (Å²) < 4.78 is 0. The molecule has 0 amide bonds. The van der Waals surface area contributed by atoms with Gasteiger partial charge in [0.1, 0.15) is 18.0 Å². The van der Waals surface area contributed by atoms with Crippen LogP contribution in [0, 0.1) is 11.3 Å². The number of benzene rings is 2. The summed E-state index contributed by atoms with van der Waals surface area (Å²) in [5.41, 5.74) is 2.67. The van der Waals surface area contributed by atoms with Gasteiger partial charge in [-0.25, -0.2) is 9.97 Å². The van der Waals surface area contributed by atoms with Gasteiger partial charge < -0.3 is 10.2 Å². The molecule has 0 aliphatic carbocycles. The largest absolute Gasteiger partial charge is 0.350 e. The van der Waals surface area contributed by atoms with Crippen molar-refractivity contribution in [3.8, 4) is 6.07 Å². The number of hydrogen-bond acceptors (Lipinski definition) is 5. The average molecular weight is 343 g/mol. The van der Waals surface area contributed by atoms with Gasteiger partial charge in [0.25, 0.3) is 0 Å². The molecule has 3 aromatic rings. The topological polar surface area (TPSA) is 64.8 Å². The Morgan fingerprint density at radius 1 is 1.04 bits per heavy atom. The third-order valence-electron chi connectivity index (χ3n) is 4.03. The summed E-state index contributed by atoms with van der Waals surface area (Å²) in [7, 11) is 0. The highest BCUT2D eigenvalue weighted by Crippen LogP contribution is 2.22. The van der Waals surface area contributed by atoms with Crippen LogP contribution in [0.1, 0.15) is 25.0 Å². The van der Waals surface area contributed by atoms with E-state index in [1.807, 2.05) is 36.4 Å². The molecule has 0 saturated carbocycles. The van der Waals surface area contributed by atoms with Crippen molar-refractivity contribution in [1.29, 1.82) is 5.26 Å². The maximum atomic E-state index is 9.04. The van der Waals surface area contributed by atoms with Crippen molar-refractivity contribution in [3.05, 3.63) is 78.1 Å². The zero-order chi connectivity index (χ0) is 18.4. The molecule has 0 atom stereocenters. The Hall–Kier alpha value is -3.39. The van der Waals surface area contributed by atoms with Gasteiger partial charge in [0.05, 0.1) is 11.6 Å². The van der Waals surface area contributed by atoms with Crippen molar-refractivity contribution >= 4 is 17.3 Å². The van der Waals surface area contributed by atoms with Gasteiger partial charge in [-0.2, -0.15) is 5.26 Å². The maximum absolute atomic E-state index is 9.04. The summed E-state index contributed by atoms with van der Waals surface area (Å²) in [6, 6.07) is 22.0. The summed E-state index contributed by atoms with van der Waals surface area (Å²) >= 11 is 0. The predicted molar refractivity (Wildman–Crippen MR) is 104 cm³/mol. The van der Waals surface area contributed by atoms with Gasteiger partial charge in [-0.05, 0) is 37.6 Å². The smallest absolute Gasteiger partial charge is 0.135 e. The molecule has 130 valence electrons. The van der Waals surface area contributed by atoms with E-state index in [-0.39, 0.29) is 0 Å². The Morgan fingerprint density at radius 3 is 2.58 bits per heavy atom. The lowest BCUT2D eigenvalue weighted by Gasteiger charge is -2.28. The van der Waals surface area contributed by atoms with Gasteiger partial charge in [-0.3, -0.25) is 0 Å². The molecule has 5 heteroatoms. The Balaban J connectivity index is 1.83. The van der Waals surface area contributed by atoms with Gasteiger partial charge in [0.15, 0.2) is 0 Å². The van der Waals surface area contributed by atoms with Gasteiger partial charge in [-0.1, -0.05) is 36.4 Å². The molecule has 0 unspecified atom stereocenters. The fourth-order valence-electron chi connectivity index (χ4n) is 2.70. The molecule has 5 nitrogen and oxygen atoms in total. The molecule has 0 spiro atoms. The van der Waals surface area contributed by atoms with Crippen LogP contribution in [0.2, 0.25) is 0 Å². The van der Waals surface area contributed by atoms with Crippen LogP contribution in [0.3, 0.4) is 0 Å². The van der Waals surface area contributed by atoms with Crippen LogP contribution < -0.4 is 10.2 Å². The fourth-order valence-corrected chi connectivity index (χ4v) is 2.70. The quantitative estimate of drug-likeness (QED) is 0.713. The van der Waals surface area contributed by atoms with Gasteiger partial charge >= 0.3 is 0 Å². The maximum Gasteiger partial charge on any atom is 0.135 e. The van der Waals surface area contributed by atoms with E-state index in [2.05, 4.69) is 52.2 Å². The zero-order valence-electron chi connectivity index (χ0n) is 14.9. The Labute approximate surface area is 154 Å². The number of nitrogens with one attached hydrogen (secondary N) is 1. The minimum atomic E-state index is 0.292. The van der Waals surface area contributed by atoms with E-state index < -0.39 is 0 Å². The molecule has 1 aromatic heterocycles. The highest BCUT2D eigenvalue weighted by molar-refractivity contribution is 5.61. The van der Waals surface area contributed by atoms with E-state index in [0.29, 0.717) is 17.4 Å². The Kier molecular flexibility index (Phi) is 5.45. The molecular weight excluding hydrogens is 322 g/mol. The molecule has 2 aromatic carbocycles. The molecule has 1 heterocycles. The first-order chi connectivity index (χ1) is 12.7. The number of nitrogens with zero attached hydrogens (tertiary/aromatic N) is 4. The summed E-state index contributed by atoms with van der Waals surface area (Å²) in [6.07, 6.45) is 1.56. The van der Waals surface area contributed by atoms with E-state index in [9.17, 15) is 0 Å². The van der Waals surface area contributed by atoms with Crippen LogP contribution in [-0.2, 0) is 6.54 Å². The normalized spacial score (nSPS) is 10.4. The van der Waals surface area contributed by atoms with Crippen LogP contribution in [0.5, 0.6) is 0 Å². The number of rotatable bonds is 6. The lowest BCUT2D eigenvalue weighted by Crippen LogP contribution is -2.31. The Bertz CT molecular complexity index is 900. The SMILES string of the molecule is CC(C)N(Cc1ccccc1)c1cc(Nc2cccc(C#N)c2)ncn1. The molecule has 3 rings (SSSR count). The molecule has 0 fully saturated rings. The molecular formula is C21H21N5. The van der Waals surface area contributed by atoms with Crippen LogP contribution in [0.25, 0.3) is 0 Å². The van der Waals surface area contributed by atoms with Crippen molar-refractivity contribution in [3.63, 3.8) is 0 Å². The predicted octanol–water partition coefficient (Wildman–Crippen LogP) is 4.51. The first-order valence-electron chi connectivity index (χ1n) is 8.55. The number of anilines is 3. The van der Waals surface area contributed by atoms with E-state index in [4.69, 9.17) is 5.26 Å². The van der Waals surface area contributed by atoms with E-state index in [0.717, 1.165) is 18.1 Å².